The highest BCUT2D eigenvalue weighted by molar-refractivity contribution is 5.90. The summed E-state index contributed by atoms with van der Waals surface area (Å²) in [6.45, 7) is 1.74. The largest absolute Gasteiger partial charge is 0.339 e. The summed E-state index contributed by atoms with van der Waals surface area (Å²) in [5.74, 6) is 1.01. The highest BCUT2D eigenvalue weighted by Crippen LogP contribution is 2.29. The van der Waals surface area contributed by atoms with E-state index in [1.807, 2.05) is 36.4 Å². The Morgan fingerprint density at radius 3 is 2.92 bits per heavy atom. The van der Waals surface area contributed by atoms with Gasteiger partial charge in [-0.2, -0.15) is 4.98 Å². The zero-order valence-electron chi connectivity index (χ0n) is 14.5. The van der Waals surface area contributed by atoms with E-state index in [0.717, 1.165) is 24.8 Å². The Hall–Kier alpha value is -3.15. The SMILES string of the molecule is Cc1nc(-c2cccc(NC(=O)N[C@H]3CCCc4ccccc43)c2)no1. The first kappa shape index (κ1) is 16.3. The highest BCUT2D eigenvalue weighted by atomic mass is 16.5. The number of hydrogen-bond acceptors (Lipinski definition) is 4. The molecule has 0 spiro atoms. The van der Waals surface area contributed by atoms with Crippen LogP contribution in [0.4, 0.5) is 10.5 Å². The third-order valence-electron chi connectivity index (χ3n) is 4.58. The second-order valence-electron chi connectivity index (χ2n) is 6.46. The summed E-state index contributed by atoms with van der Waals surface area (Å²) < 4.78 is 5.01. The number of nitrogens with one attached hydrogen (secondary N) is 2. The van der Waals surface area contributed by atoms with Gasteiger partial charge in [-0.25, -0.2) is 4.79 Å². The van der Waals surface area contributed by atoms with Gasteiger partial charge < -0.3 is 15.2 Å². The second-order valence-corrected chi connectivity index (χ2v) is 6.46. The van der Waals surface area contributed by atoms with Gasteiger partial charge in [-0.15, -0.1) is 0 Å². The van der Waals surface area contributed by atoms with E-state index >= 15 is 0 Å². The molecule has 3 aromatic rings. The lowest BCUT2D eigenvalue weighted by Gasteiger charge is -2.26. The molecule has 0 saturated heterocycles. The van der Waals surface area contributed by atoms with Crippen molar-refractivity contribution in [3.8, 4) is 11.4 Å². The molecule has 0 unspecified atom stereocenters. The predicted octanol–water partition coefficient (Wildman–Crippen LogP) is 4.24. The molecule has 2 N–H and O–H groups in total. The van der Waals surface area contributed by atoms with Crippen molar-refractivity contribution in [2.45, 2.75) is 32.2 Å². The van der Waals surface area contributed by atoms with Crippen LogP contribution in [0.2, 0.25) is 0 Å². The van der Waals surface area contributed by atoms with Gasteiger partial charge in [0, 0.05) is 18.2 Å². The van der Waals surface area contributed by atoms with E-state index in [2.05, 4.69) is 32.9 Å². The van der Waals surface area contributed by atoms with Crippen molar-refractivity contribution in [1.29, 1.82) is 0 Å². The molecule has 2 aromatic carbocycles. The number of anilines is 1. The topological polar surface area (TPSA) is 80.0 Å². The smallest absolute Gasteiger partial charge is 0.319 e. The van der Waals surface area contributed by atoms with Gasteiger partial charge in [0.05, 0.1) is 6.04 Å². The number of nitrogens with zero attached hydrogens (tertiary/aromatic N) is 2. The van der Waals surface area contributed by atoms with Crippen molar-refractivity contribution in [2.24, 2.45) is 0 Å². The van der Waals surface area contributed by atoms with Gasteiger partial charge in [0.2, 0.25) is 11.7 Å². The zero-order valence-corrected chi connectivity index (χ0v) is 14.5. The Morgan fingerprint density at radius 1 is 1.19 bits per heavy atom. The van der Waals surface area contributed by atoms with E-state index in [0.29, 0.717) is 17.4 Å². The van der Waals surface area contributed by atoms with Crippen LogP contribution in [0.3, 0.4) is 0 Å². The standard InChI is InChI=1S/C20H20N4O2/c1-13-21-19(24-26-13)15-8-4-9-16(12-15)22-20(25)23-18-11-5-7-14-6-2-3-10-17(14)18/h2-4,6,8-10,12,18H,5,7,11H2,1H3,(H2,22,23,25)/t18-/m0/s1. The van der Waals surface area contributed by atoms with Gasteiger partial charge in [0.1, 0.15) is 0 Å². The van der Waals surface area contributed by atoms with E-state index < -0.39 is 0 Å². The number of benzene rings is 2. The molecule has 1 aromatic heterocycles. The van der Waals surface area contributed by atoms with Crippen LogP contribution in [-0.4, -0.2) is 16.2 Å². The molecule has 132 valence electrons. The first-order valence-corrected chi connectivity index (χ1v) is 8.75. The van der Waals surface area contributed by atoms with Gasteiger partial charge in [0.25, 0.3) is 0 Å². The number of carbonyl (C=O) groups is 1. The second kappa shape index (κ2) is 7.00. The Balaban J connectivity index is 1.46. The molecule has 6 nitrogen and oxygen atoms in total. The molecule has 1 heterocycles. The molecule has 0 aliphatic heterocycles. The van der Waals surface area contributed by atoms with Crippen LogP contribution in [0, 0.1) is 6.92 Å². The van der Waals surface area contributed by atoms with Crippen LogP contribution in [-0.2, 0) is 6.42 Å². The van der Waals surface area contributed by atoms with Crippen LogP contribution >= 0.6 is 0 Å². The molecule has 6 heteroatoms. The first-order valence-electron chi connectivity index (χ1n) is 8.75. The number of hydrogen-bond donors (Lipinski definition) is 2. The monoisotopic (exact) mass is 348 g/mol. The number of aromatic nitrogens is 2. The molecular weight excluding hydrogens is 328 g/mol. The van der Waals surface area contributed by atoms with E-state index in [4.69, 9.17) is 4.52 Å². The van der Waals surface area contributed by atoms with E-state index in [1.165, 1.54) is 11.1 Å². The maximum Gasteiger partial charge on any atom is 0.319 e. The van der Waals surface area contributed by atoms with Crippen molar-refractivity contribution in [2.75, 3.05) is 5.32 Å². The van der Waals surface area contributed by atoms with Gasteiger partial charge in [0.15, 0.2) is 0 Å². The zero-order chi connectivity index (χ0) is 17.9. The molecule has 2 amide bonds. The summed E-state index contributed by atoms with van der Waals surface area (Å²) in [5, 5.41) is 9.90. The van der Waals surface area contributed by atoms with E-state index in [1.54, 1.807) is 6.92 Å². The highest BCUT2D eigenvalue weighted by Gasteiger charge is 2.21. The van der Waals surface area contributed by atoms with Gasteiger partial charge in [-0.05, 0) is 42.5 Å². The maximum atomic E-state index is 12.5. The summed E-state index contributed by atoms with van der Waals surface area (Å²) in [6, 6.07) is 15.5. The van der Waals surface area contributed by atoms with Crippen LogP contribution in [0.25, 0.3) is 11.4 Å². The number of amides is 2. The Kier molecular flexibility index (Phi) is 4.39. The Morgan fingerprint density at radius 2 is 2.08 bits per heavy atom. The quantitative estimate of drug-likeness (QED) is 0.742. The summed E-state index contributed by atoms with van der Waals surface area (Å²) in [6.07, 6.45) is 3.10. The number of aryl methyl sites for hydroxylation is 2. The molecule has 1 atom stereocenters. The third kappa shape index (κ3) is 3.44. The number of carbonyl (C=O) groups excluding carboxylic acids is 1. The lowest BCUT2D eigenvalue weighted by atomic mass is 9.88. The molecular formula is C20H20N4O2. The fourth-order valence-electron chi connectivity index (χ4n) is 3.38. The molecule has 0 saturated carbocycles. The van der Waals surface area contributed by atoms with Crippen LogP contribution < -0.4 is 10.6 Å². The third-order valence-corrected chi connectivity index (χ3v) is 4.58. The average Bonchev–Trinajstić information content (AvgIpc) is 3.09. The first-order chi connectivity index (χ1) is 12.7. The molecule has 0 bridgehead atoms. The fraction of sp³-hybridized carbons (Fsp3) is 0.250. The molecule has 0 radical (unpaired) electrons. The van der Waals surface area contributed by atoms with Crippen molar-refractivity contribution >= 4 is 11.7 Å². The summed E-state index contributed by atoms with van der Waals surface area (Å²) in [4.78, 5) is 16.7. The minimum Gasteiger partial charge on any atom is -0.339 e. The van der Waals surface area contributed by atoms with Crippen LogP contribution in [0.15, 0.2) is 53.1 Å². The summed E-state index contributed by atoms with van der Waals surface area (Å²) in [5.41, 5.74) is 4.01. The Labute approximate surface area is 151 Å². The predicted molar refractivity (Wildman–Crippen MR) is 98.7 cm³/mol. The maximum absolute atomic E-state index is 12.5. The molecule has 4 rings (SSSR count). The molecule has 0 fully saturated rings. The minimum absolute atomic E-state index is 0.0444. The summed E-state index contributed by atoms with van der Waals surface area (Å²) in [7, 11) is 0. The molecule has 1 aliphatic carbocycles. The number of fused-ring (bicyclic) bond motifs is 1. The van der Waals surface area contributed by atoms with Gasteiger partial charge in [-0.1, -0.05) is 41.6 Å². The van der Waals surface area contributed by atoms with Crippen LogP contribution in [0.5, 0.6) is 0 Å². The normalized spacial score (nSPS) is 16.0. The van der Waals surface area contributed by atoms with Crippen LogP contribution in [0.1, 0.15) is 35.9 Å². The number of rotatable bonds is 3. The van der Waals surface area contributed by atoms with Gasteiger partial charge >= 0.3 is 6.03 Å². The van der Waals surface area contributed by atoms with Crippen molar-refractivity contribution < 1.29 is 9.32 Å². The van der Waals surface area contributed by atoms with Crippen molar-refractivity contribution in [3.05, 3.63) is 65.5 Å². The van der Waals surface area contributed by atoms with E-state index in [-0.39, 0.29) is 12.1 Å². The summed E-state index contributed by atoms with van der Waals surface area (Å²) >= 11 is 0. The van der Waals surface area contributed by atoms with Gasteiger partial charge in [-0.3, -0.25) is 0 Å². The fourth-order valence-corrected chi connectivity index (χ4v) is 3.38. The minimum atomic E-state index is -0.215. The molecule has 26 heavy (non-hydrogen) atoms. The van der Waals surface area contributed by atoms with Crippen molar-refractivity contribution in [3.63, 3.8) is 0 Å². The van der Waals surface area contributed by atoms with Crippen molar-refractivity contribution in [1.82, 2.24) is 15.5 Å². The van der Waals surface area contributed by atoms with E-state index in [9.17, 15) is 4.79 Å². The lowest BCUT2D eigenvalue weighted by Crippen LogP contribution is -2.34. The Bertz CT molecular complexity index is 935. The number of urea groups is 1. The average molecular weight is 348 g/mol. The molecule has 1 aliphatic rings. The lowest BCUT2D eigenvalue weighted by molar-refractivity contribution is 0.247.